The molecule has 0 bridgehead atoms. The number of methoxy groups -OCH3 is 1. The summed E-state index contributed by atoms with van der Waals surface area (Å²) in [6, 6.07) is 13.2. The first kappa shape index (κ1) is 15.4. The van der Waals surface area contributed by atoms with Gasteiger partial charge in [0.05, 0.1) is 18.2 Å². The van der Waals surface area contributed by atoms with Gasteiger partial charge in [-0.25, -0.2) is 9.59 Å². The number of aromatic amines is 1. The van der Waals surface area contributed by atoms with Gasteiger partial charge in [-0.15, -0.1) is 0 Å². The number of ether oxygens (including phenoxy) is 1. The molecule has 120 valence electrons. The zero-order chi connectivity index (χ0) is 17.1. The van der Waals surface area contributed by atoms with E-state index in [1.807, 2.05) is 0 Å². The number of carbonyl (C=O) groups is 2. The second-order valence-corrected chi connectivity index (χ2v) is 4.96. The maximum absolute atomic E-state index is 12.5. The Morgan fingerprint density at radius 3 is 2.71 bits per heavy atom. The SMILES string of the molecule is COC(=O)c1cccc(NC(=O)c2nc(=O)[nH]c3ccccc23)c1. The largest absolute Gasteiger partial charge is 0.465 e. The van der Waals surface area contributed by atoms with Crippen molar-refractivity contribution in [3.8, 4) is 0 Å². The lowest BCUT2D eigenvalue weighted by atomic mass is 10.1. The molecule has 2 aromatic carbocycles. The zero-order valence-electron chi connectivity index (χ0n) is 12.7. The van der Waals surface area contributed by atoms with Crippen LogP contribution in [0.1, 0.15) is 20.8 Å². The van der Waals surface area contributed by atoms with Crippen molar-refractivity contribution in [2.75, 3.05) is 12.4 Å². The third-order valence-corrected chi connectivity index (χ3v) is 3.39. The van der Waals surface area contributed by atoms with Crippen LogP contribution in [0.25, 0.3) is 10.9 Å². The minimum atomic E-state index is -0.609. The summed E-state index contributed by atoms with van der Waals surface area (Å²) in [5.74, 6) is -1.05. The molecule has 1 amide bonds. The van der Waals surface area contributed by atoms with Crippen molar-refractivity contribution in [2.45, 2.75) is 0 Å². The summed E-state index contributed by atoms with van der Waals surface area (Å²) in [4.78, 5) is 42.0. The molecule has 1 heterocycles. The van der Waals surface area contributed by atoms with Gasteiger partial charge in [-0.2, -0.15) is 4.98 Å². The first-order valence-electron chi connectivity index (χ1n) is 7.07. The third-order valence-electron chi connectivity index (χ3n) is 3.39. The number of benzene rings is 2. The molecule has 1 aromatic heterocycles. The first-order valence-corrected chi connectivity index (χ1v) is 7.07. The number of aromatic nitrogens is 2. The number of H-pyrrole nitrogens is 1. The molecule has 0 atom stereocenters. The number of rotatable bonds is 3. The first-order chi connectivity index (χ1) is 11.6. The van der Waals surface area contributed by atoms with Crippen LogP contribution in [0.3, 0.4) is 0 Å². The number of anilines is 1. The molecule has 0 aliphatic carbocycles. The fourth-order valence-electron chi connectivity index (χ4n) is 2.31. The van der Waals surface area contributed by atoms with Crippen molar-refractivity contribution in [3.63, 3.8) is 0 Å². The highest BCUT2D eigenvalue weighted by molar-refractivity contribution is 6.10. The van der Waals surface area contributed by atoms with Crippen LogP contribution in [-0.4, -0.2) is 29.0 Å². The van der Waals surface area contributed by atoms with E-state index < -0.39 is 17.6 Å². The van der Waals surface area contributed by atoms with Gasteiger partial charge in [0.2, 0.25) is 0 Å². The second kappa shape index (κ2) is 6.33. The zero-order valence-corrected chi connectivity index (χ0v) is 12.7. The van der Waals surface area contributed by atoms with E-state index >= 15 is 0 Å². The molecule has 3 aromatic rings. The highest BCUT2D eigenvalue weighted by Gasteiger charge is 2.14. The quantitative estimate of drug-likeness (QED) is 0.718. The minimum Gasteiger partial charge on any atom is -0.465 e. The summed E-state index contributed by atoms with van der Waals surface area (Å²) in [5, 5.41) is 3.16. The molecule has 0 saturated heterocycles. The fourth-order valence-corrected chi connectivity index (χ4v) is 2.31. The van der Waals surface area contributed by atoms with E-state index in [4.69, 9.17) is 0 Å². The van der Waals surface area contributed by atoms with E-state index in [2.05, 4.69) is 20.0 Å². The van der Waals surface area contributed by atoms with Crippen LogP contribution in [-0.2, 0) is 4.74 Å². The number of nitrogens with one attached hydrogen (secondary N) is 2. The maximum Gasteiger partial charge on any atom is 0.346 e. The molecule has 0 aliphatic rings. The Morgan fingerprint density at radius 1 is 1.12 bits per heavy atom. The molecule has 0 unspecified atom stereocenters. The lowest BCUT2D eigenvalue weighted by molar-refractivity contribution is 0.0600. The van der Waals surface area contributed by atoms with Crippen molar-refractivity contribution >= 4 is 28.5 Å². The number of amides is 1. The van der Waals surface area contributed by atoms with E-state index in [0.29, 0.717) is 22.2 Å². The molecule has 0 fully saturated rings. The highest BCUT2D eigenvalue weighted by atomic mass is 16.5. The predicted octanol–water partition coefficient (Wildman–Crippen LogP) is 1.96. The molecule has 2 N–H and O–H groups in total. The van der Waals surface area contributed by atoms with Crippen LogP contribution in [0.4, 0.5) is 5.69 Å². The van der Waals surface area contributed by atoms with Crippen molar-refractivity contribution in [1.29, 1.82) is 0 Å². The molecule has 7 heteroatoms. The van der Waals surface area contributed by atoms with Gasteiger partial charge >= 0.3 is 11.7 Å². The number of hydrogen-bond donors (Lipinski definition) is 2. The normalized spacial score (nSPS) is 10.4. The van der Waals surface area contributed by atoms with Crippen molar-refractivity contribution in [3.05, 3.63) is 70.3 Å². The van der Waals surface area contributed by atoms with Crippen molar-refractivity contribution < 1.29 is 14.3 Å². The van der Waals surface area contributed by atoms with E-state index in [1.165, 1.54) is 13.2 Å². The number of para-hydroxylation sites is 1. The van der Waals surface area contributed by atoms with Crippen LogP contribution in [0, 0.1) is 0 Å². The Kier molecular flexibility index (Phi) is 4.07. The highest BCUT2D eigenvalue weighted by Crippen LogP contribution is 2.16. The minimum absolute atomic E-state index is 0.0119. The summed E-state index contributed by atoms with van der Waals surface area (Å²) in [6.07, 6.45) is 0. The van der Waals surface area contributed by atoms with Gasteiger partial charge in [-0.05, 0) is 24.3 Å². The smallest absolute Gasteiger partial charge is 0.346 e. The monoisotopic (exact) mass is 323 g/mol. The molecule has 0 aliphatic heterocycles. The summed E-state index contributed by atoms with van der Waals surface area (Å²) in [6.45, 7) is 0. The topological polar surface area (TPSA) is 101 Å². The standard InChI is InChI=1S/C17H13N3O4/c1-24-16(22)10-5-4-6-11(9-10)18-15(21)14-12-7-2-3-8-13(12)19-17(23)20-14/h2-9H,1H3,(H,18,21)(H,19,20,23). The Morgan fingerprint density at radius 2 is 1.92 bits per heavy atom. The third kappa shape index (κ3) is 3.00. The fraction of sp³-hybridized carbons (Fsp3) is 0.0588. The van der Waals surface area contributed by atoms with Gasteiger partial charge in [-0.1, -0.05) is 24.3 Å². The summed E-state index contributed by atoms with van der Waals surface area (Å²) in [5.41, 5.74) is 0.624. The lowest BCUT2D eigenvalue weighted by Crippen LogP contribution is -2.21. The van der Waals surface area contributed by atoms with Crippen LogP contribution >= 0.6 is 0 Å². The Labute approximate surface area is 136 Å². The van der Waals surface area contributed by atoms with Gasteiger partial charge in [0.25, 0.3) is 5.91 Å². The summed E-state index contributed by atoms with van der Waals surface area (Å²) < 4.78 is 4.64. The molecule has 0 saturated carbocycles. The molecular formula is C17H13N3O4. The second-order valence-electron chi connectivity index (χ2n) is 4.96. The molecule has 0 radical (unpaired) electrons. The van der Waals surface area contributed by atoms with Crippen LogP contribution in [0.15, 0.2) is 53.3 Å². The Bertz CT molecular complexity index is 994. The molecule has 24 heavy (non-hydrogen) atoms. The van der Waals surface area contributed by atoms with Gasteiger partial charge in [0.1, 0.15) is 5.69 Å². The van der Waals surface area contributed by atoms with Gasteiger partial charge < -0.3 is 15.0 Å². The average Bonchev–Trinajstić information content (AvgIpc) is 2.60. The molecular weight excluding hydrogens is 310 g/mol. The number of nitrogens with zero attached hydrogens (tertiary/aromatic N) is 1. The van der Waals surface area contributed by atoms with Crippen LogP contribution < -0.4 is 11.0 Å². The lowest BCUT2D eigenvalue weighted by Gasteiger charge is -2.08. The molecule has 0 spiro atoms. The van der Waals surface area contributed by atoms with Crippen molar-refractivity contribution in [2.24, 2.45) is 0 Å². The molecule has 7 nitrogen and oxygen atoms in total. The van der Waals surface area contributed by atoms with Gasteiger partial charge in [-0.3, -0.25) is 4.79 Å². The average molecular weight is 323 g/mol. The number of esters is 1. The van der Waals surface area contributed by atoms with Gasteiger partial charge in [0.15, 0.2) is 0 Å². The van der Waals surface area contributed by atoms with E-state index in [9.17, 15) is 14.4 Å². The predicted molar refractivity (Wildman–Crippen MR) is 88.1 cm³/mol. The van der Waals surface area contributed by atoms with E-state index in [-0.39, 0.29) is 5.69 Å². The van der Waals surface area contributed by atoms with E-state index in [1.54, 1.807) is 42.5 Å². The van der Waals surface area contributed by atoms with Crippen LogP contribution in [0.2, 0.25) is 0 Å². The Balaban J connectivity index is 1.96. The Hall–Kier alpha value is -3.48. The van der Waals surface area contributed by atoms with Crippen LogP contribution in [0.5, 0.6) is 0 Å². The molecule has 3 rings (SSSR count). The van der Waals surface area contributed by atoms with Gasteiger partial charge in [0, 0.05) is 11.1 Å². The number of carbonyl (C=O) groups excluding carboxylic acids is 2. The van der Waals surface area contributed by atoms with E-state index in [0.717, 1.165) is 0 Å². The maximum atomic E-state index is 12.5. The van der Waals surface area contributed by atoms with Crippen molar-refractivity contribution in [1.82, 2.24) is 9.97 Å². The summed E-state index contributed by atoms with van der Waals surface area (Å²) >= 11 is 0. The number of fused-ring (bicyclic) bond motifs is 1. The summed E-state index contributed by atoms with van der Waals surface area (Å²) in [7, 11) is 1.28. The number of hydrogen-bond acceptors (Lipinski definition) is 5.